The highest BCUT2D eigenvalue weighted by atomic mass is 14.9. The summed E-state index contributed by atoms with van der Waals surface area (Å²) in [7, 11) is 0. The monoisotopic (exact) mass is 190 g/mol. The van der Waals surface area contributed by atoms with E-state index in [1.165, 1.54) is 18.4 Å². The van der Waals surface area contributed by atoms with Gasteiger partial charge >= 0.3 is 0 Å². The van der Waals surface area contributed by atoms with Crippen LogP contribution in [0.4, 0.5) is 5.69 Å². The third-order valence-corrected chi connectivity index (χ3v) is 2.97. The van der Waals surface area contributed by atoms with Gasteiger partial charge in [0.2, 0.25) is 0 Å². The molecule has 2 atom stereocenters. The van der Waals surface area contributed by atoms with Gasteiger partial charge < -0.3 is 11.1 Å². The number of nitrogen functional groups attached to an aromatic ring is 1. The molecular weight excluding hydrogens is 172 g/mol. The minimum Gasteiger partial charge on any atom is -0.399 e. The molecule has 0 aromatic heterocycles. The largest absolute Gasteiger partial charge is 0.399 e. The van der Waals surface area contributed by atoms with Crippen LogP contribution in [0, 0.1) is 5.92 Å². The quantitative estimate of drug-likeness (QED) is 0.667. The van der Waals surface area contributed by atoms with E-state index in [1.54, 1.807) is 0 Å². The van der Waals surface area contributed by atoms with Gasteiger partial charge in [-0.1, -0.05) is 19.1 Å². The molecule has 76 valence electrons. The van der Waals surface area contributed by atoms with Crippen molar-refractivity contribution in [3.05, 3.63) is 29.8 Å². The molecule has 1 saturated heterocycles. The summed E-state index contributed by atoms with van der Waals surface area (Å²) in [6.45, 7) is 3.42. The molecule has 2 rings (SSSR count). The van der Waals surface area contributed by atoms with Crippen LogP contribution >= 0.6 is 0 Å². The topological polar surface area (TPSA) is 38.0 Å². The van der Waals surface area contributed by atoms with Crippen LogP contribution < -0.4 is 11.1 Å². The van der Waals surface area contributed by atoms with Crippen molar-refractivity contribution in [3.63, 3.8) is 0 Å². The number of hydrogen-bond donors (Lipinski definition) is 2. The molecule has 14 heavy (non-hydrogen) atoms. The smallest absolute Gasteiger partial charge is 0.0321 e. The predicted octanol–water partition coefficient (Wildman–Crippen LogP) is 2.33. The van der Waals surface area contributed by atoms with E-state index in [4.69, 9.17) is 5.73 Å². The maximum atomic E-state index is 5.76. The standard InChI is InChI=1S/C12H18N2/c1-9-5-6-12(14-8-9)10-3-2-4-11(13)7-10/h2-4,7,9,12,14H,5-6,8,13H2,1H3/t9-,12+/m0/s1. The van der Waals surface area contributed by atoms with E-state index in [0.717, 1.165) is 18.2 Å². The minimum atomic E-state index is 0.509. The van der Waals surface area contributed by atoms with Gasteiger partial charge in [-0.15, -0.1) is 0 Å². The summed E-state index contributed by atoms with van der Waals surface area (Å²) in [5.41, 5.74) is 7.96. The van der Waals surface area contributed by atoms with Gasteiger partial charge in [0.1, 0.15) is 0 Å². The summed E-state index contributed by atoms with van der Waals surface area (Å²) in [4.78, 5) is 0. The second-order valence-electron chi connectivity index (χ2n) is 4.31. The van der Waals surface area contributed by atoms with Crippen LogP contribution in [0.2, 0.25) is 0 Å². The molecular formula is C12H18N2. The Balaban J connectivity index is 2.08. The zero-order valence-electron chi connectivity index (χ0n) is 8.66. The van der Waals surface area contributed by atoms with E-state index in [2.05, 4.69) is 24.4 Å². The Bertz CT molecular complexity index is 301. The van der Waals surface area contributed by atoms with Gasteiger partial charge in [0, 0.05) is 11.7 Å². The van der Waals surface area contributed by atoms with E-state index >= 15 is 0 Å². The molecule has 0 radical (unpaired) electrons. The first-order chi connectivity index (χ1) is 6.75. The van der Waals surface area contributed by atoms with Gasteiger partial charge in [-0.05, 0) is 43.0 Å². The summed E-state index contributed by atoms with van der Waals surface area (Å²) in [6.07, 6.45) is 2.54. The van der Waals surface area contributed by atoms with Crippen LogP contribution in [0.25, 0.3) is 0 Å². The fourth-order valence-corrected chi connectivity index (χ4v) is 2.06. The highest BCUT2D eigenvalue weighted by Gasteiger charge is 2.18. The normalized spacial score (nSPS) is 27.5. The number of piperidine rings is 1. The number of nitrogens with two attached hydrogens (primary N) is 1. The van der Waals surface area contributed by atoms with Crippen LogP contribution in [0.3, 0.4) is 0 Å². The molecule has 1 aliphatic heterocycles. The maximum absolute atomic E-state index is 5.76. The Morgan fingerprint density at radius 3 is 2.86 bits per heavy atom. The van der Waals surface area contributed by atoms with Crippen molar-refractivity contribution in [2.45, 2.75) is 25.8 Å². The van der Waals surface area contributed by atoms with Gasteiger partial charge in [-0.3, -0.25) is 0 Å². The van der Waals surface area contributed by atoms with Crippen molar-refractivity contribution in [3.8, 4) is 0 Å². The highest BCUT2D eigenvalue weighted by Crippen LogP contribution is 2.26. The Hall–Kier alpha value is -1.02. The molecule has 0 spiro atoms. The van der Waals surface area contributed by atoms with Crippen molar-refractivity contribution in [1.29, 1.82) is 0 Å². The average Bonchev–Trinajstić information content (AvgIpc) is 2.19. The zero-order valence-corrected chi connectivity index (χ0v) is 8.66. The summed E-state index contributed by atoms with van der Waals surface area (Å²) >= 11 is 0. The first-order valence-corrected chi connectivity index (χ1v) is 5.34. The number of rotatable bonds is 1. The minimum absolute atomic E-state index is 0.509. The predicted molar refractivity (Wildman–Crippen MR) is 60.0 cm³/mol. The van der Waals surface area contributed by atoms with Crippen molar-refractivity contribution in [2.24, 2.45) is 5.92 Å². The zero-order chi connectivity index (χ0) is 9.97. The molecule has 1 heterocycles. The number of benzene rings is 1. The molecule has 1 fully saturated rings. The molecule has 3 N–H and O–H groups in total. The van der Waals surface area contributed by atoms with Crippen molar-refractivity contribution >= 4 is 5.69 Å². The lowest BCUT2D eigenvalue weighted by Crippen LogP contribution is -2.31. The molecule has 0 saturated carbocycles. The third kappa shape index (κ3) is 2.07. The van der Waals surface area contributed by atoms with E-state index < -0.39 is 0 Å². The average molecular weight is 190 g/mol. The van der Waals surface area contributed by atoms with Crippen LogP contribution in [-0.2, 0) is 0 Å². The van der Waals surface area contributed by atoms with E-state index in [-0.39, 0.29) is 0 Å². The van der Waals surface area contributed by atoms with Crippen LogP contribution in [0.15, 0.2) is 24.3 Å². The maximum Gasteiger partial charge on any atom is 0.0321 e. The van der Waals surface area contributed by atoms with Crippen molar-refractivity contribution in [2.75, 3.05) is 12.3 Å². The van der Waals surface area contributed by atoms with E-state index in [1.807, 2.05) is 12.1 Å². The Morgan fingerprint density at radius 1 is 1.36 bits per heavy atom. The summed E-state index contributed by atoms with van der Waals surface area (Å²) in [5, 5.41) is 3.56. The van der Waals surface area contributed by atoms with Crippen LogP contribution in [0.5, 0.6) is 0 Å². The fourth-order valence-electron chi connectivity index (χ4n) is 2.06. The van der Waals surface area contributed by atoms with Crippen molar-refractivity contribution < 1.29 is 0 Å². The van der Waals surface area contributed by atoms with Crippen LogP contribution in [-0.4, -0.2) is 6.54 Å². The second-order valence-corrected chi connectivity index (χ2v) is 4.31. The molecule has 0 unspecified atom stereocenters. The summed E-state index contributed by atoms with van der Waals surface area (Å²) in [6, 6.07) is 8.71. The Labute approximate surface area is 85.5 Å². The first-order valence-electron chi connectivity index (χ1n) is 5.34. The summed E-state index contributed by atoms with van der Waals surface area (Å²) in [5.74, 6) is 0.812. The molecule has 0 amide bonds. The lowest BCUT2D eigenvalue weighted by Gasteiger charge is -2.28. The van der Waals surface area contributed by atoms with E-state index in [9.17, 15) is 0 Å². The van der Waals surface area contributed by atoms with Crippen molar-refractivity contribution in [1.82, 2.24) is 5.32 Å². The van der Waals surface area contributed by atoms with Crippen LogP contribution in [0.1, 0.15) is 31.4 Å². The van der Waals surface area contributed by atoms with E-state index in [0.29, 0.717) is 6.04 Å². The fraction of sp³-hybridized carbons (Fsp3) is 0.500. The molecule has 0 bridgehead atoms. The molecule has 1 aromatic carbocycles. The Morgan fingerprint density at radius 2 is 2.21 bits per heavy atom. The molecule has 0 aliphatic carbocycles. The molecule has 2 nitrogen and oxygen atoms in total. The lowest BCUT2D eigenvalue weighted by molar-refractivity contribution is 0.333. The highest BCUT2D eigenvalue weighted by molar-refractivity contribution is 5.41. The lowest BCUT2D eigenvalue weighted by atomic mass is 9.92. The molecule has 2 heteroatoms. The van der Waals surface area contributed by atoms with Gasteiger partial charge in [-0.2, -0.15) is 0 Å². The molecule has 1 aliphatic rings. The van der Waals surface area contributed by atoms with Gasteiger partial charge in [0.15, 0.2) is 0 Å². The number of hydrogen-bond acceptors (Lipinski definition) is 2. The first kappa shape index (κ1) is 9.53. The summed E-state index contributed by atoms with van der Waals surface area (Å²) < 4.78 is 0. The SMILES string of the molecule is C[C@H]1CC[C@H](c2cccc(N)c2)NC1. The van der Waals surface area contributed by atoms with Gasteiger partial charge in [0.05, 0.1) is 0 Å². The second kappa shape index (κ2) is 4.01. The molecule has 1 aromatic rings. The number of nitrogens with one attached hydrogen (secondary N) is 1. The van der Waals surface area contributed by atoms with Gasteiger partial charge in [-0.25, -0.2) is 0 Å². The number of anilines is 1. The third-order valence-electron chi connectivity index (χ3n) is 2.97. The van der Waals surface area contributed by atoms with Gasteiger partial charge in [0.25, 0.3) is 0 Å². The Kier molecular flexibility index (Phi) is 2.73.